The van der Waals surface area contributed by atoms with Crippen LogP contribution in [-0.4, -0.2) is 25.1 Å². The zero-order valence-electron chi connectivity index (χ0n) is 14.0. The van der Waals surface area contributed by atoms with Crippen LogP contribution in [-0.2, 0) is 20.7 Å². The van der Waals surface area contributed by atoms with Crippen LogP contribution in [0.2, 0.25) is 10.0 Å². The van der Waals surface area contributed by atoms with Gasteiger partial charge in [0.1, 0.15) is 0 Å². The van der Waals surface area contributed by atoms with Crippen molar-refractivity contribution in [3.8, 4) is 5.75 Å². The Hall–Kier alpha value is -2.31. The van der Waals surface area contributed by atoms with E-state index in [1.807, 2.05) is 0 Å². The van der Waals surface area contributed by atoms with Gasteiger partial charge in [0.2, 0.25) is 0 Å². The number of hydrogen-bond donors (Lipinski definition) is 1. The number of methoxy groups -OCH3 is 1. The lowest BCUT2D eigenvalue weighted by Crippen LogP contribution is -2.30. The Morgan fingerprint density at radius 3 is 2.38 bits per heavy atom. The standard InChI is InChI=1S/C18H16Cl2FNO4/c1-10(18(24)22-14-8-12(19)7-13(20)9-14)26-17(23)6-11-3-4-16(25-2)15(21)5-11/h3-5,7-10H,6H2,1-2H3,(H,22,24)/t10-/m1/s1. The van der Waals surface area contributed by atoms with Gasteiger partial charge in [-0.15, -0.1) is 0 Å². The molecule has 8 heteroatoms. The van der Waals surface area contributed by atoms with Crippen molar-refractivity contribution in [2.24, 2.45) is 0 Å². The Morgan fingerprint density at radius 1 is 1.15 bits per heavy atom. The molecular weight excluding hydrogens is 384 g/mol. The van der Waals surface area contributed by atoms with Crippen molar-refractivity contribution in [3.63, 3.8) is 0 Å². The molecule has 0 unspecified atom stereocenters. The number of carbonyl (C=O) groups is 2. The maximum Gasteiger partial charge on any atom is 0.311 e. The number of halogens is 3. The zero-order valence-corrected chi connectivity index (χ0v) is 15.5. The van der Waals surface area contributed by atoms with Gasteiger partial charge >= 0.3 is 5.97 Å². The Kier molecular flexibility index (Phi) is 6.83. The summed E-state index contributed by atoms with van der Waals surface area (Å²) in [5, 5.41) is 3.28. The van der Waals surface area contributed by atoms with E-state index in [1.54, 1.807) is 6.07 Å². The molecule has 0 aromatic heterocycles. The lowest BCUT2D eigenvalue weighted by molar-refractivity contribution is -0.152. The van der Waals surface area contributed by atoms with Gasteiger partial charge in [0.15, 0.2) is 17.7 Å². The summed E-state index contributed by atoms with van der Waals surface area (Å²) < 4.78 is 23.5. The van der Waals surface area contributed by atoms with Crippen LogP contribution in [0.3, 0.4) is 0 Å². The van der Waals surface area contributed by atoms with Gasteiger partial charge in [-0.2, -0.15) is 0 Å². The molecule has 0 heterocycles. The van der Waals surface area contributed by atoms with Crippen LogP contribution in [0, 0.1) is 5.82 Å². The molecule has 26 heavy (non-hydrogen) atoms. The first kappa shape index (κ1) is 20.0. The van der Waals surface area contributed by atoms with E-state index in [-0.39, 0.29) is 12.2 Å². The minimum absolute atomic E-state index is 0.0787. The number of nitrogens with one attached hydrogen (secondary N) is 1. The summed E-state index contributed by atoms with van der Waals surface area (Å²) >= 11 is 11.7. The topological polar surface area (TPSA) is 64.6 Å². The van der Waals surface area contributed by atoms with E-state index in [1.165, 1.54) is 44.4 Å². The second kappa shape index (κ2) is 8.87. The molecular formula is C18H16Cl2FNO4. The molecule has 0 fully saturated rings. The van der Waals surface area contributed by atoms with E-state index < -0.39 is 23.8 Å². The van der Waals surface area contributed by atoms with Gasteiger partial charge in [-0.05, 0) is 42.8 Å². The van der Waals surface area contributed by atoms with Crippen LogP contribution in [0.15, 0.2) is 36.4 Å². The van der Waals surface area contributed by atoms with Crippen molar-refractivity contribution >= 4 is 40.8 Å². The molecule has 0 spiro atoms. The van der Waals surface area contributed by atoms with E-state index in [4.69, 9.17) is 32.7 Å². The Labute approximate surface area is 160 Å². The molecule has 0 saturated carbocycles. The van der Waals surface area contributed by atoms with Crippen LogP contribution in [0.5, 0.6) is 5.75 Å². The van der Waals surface area contributed by atoms with Crippen molar-refractivity contribution in [1.29, 1.82) is 0 Å². The van der Waals surface area contributed by atoms with Gasteiger partial charge in [-0.1, -0.05) is 29.3 Å². The summed E-state index contributed by atoms with van der Waals surface area (Å²) in [6.07, 6.45) is -1.23. The highest BCUT2D eigenvalue weighted by Crippen LogP contribution is 2.23. The number of carbonyl (C=O) groups excluding carboxylic acids is 2. The molecule has 1 N–H and O–H groups in total. The maximum atomic E-state index is 13.6. The quantitative estimate of drug-likeness (QED) is 0.737. The lowest BCUT2D eigenvalue weighted by Gasteiger charge is -2.14. The molecule has 2 rings (SSSR count). The first-order chi connectivity index (χ1) is 12.3. The number of esters is 1. The van der Waals surface area contributed by atoms with Crippen molar-refractivity contribution < 1.29 is 23.5 Å². The minimum Gasteiger partial charge on any atom is -0.494 e. The van der Waals surface area contributed by atoms with Crippen LogP contribution in [0.4, 0.5) is 10.1 Å². The van der Waals surface area contributed by atoms with Gasteiger partial charge < -0.3 is 14.8 Å². The highest BCUT2D eigenvalue weighted by Gasteiger charge is 2.19. The highest BCUT2D eigenvalue weighted by molar-refractivity contribution is 6.35. The molecule has 1 atom stereocenters. The smallest absolute Gasteiger partial charge is 0.311 e. The van der Waals surface area contributed by atoms with Crippen molar-refractivity contribution in [3.05, 3.63) is 57.8 Å². The van der Waals surface area contributed by atoms with E-state index in [0.717, 1.165) is 0 Å². The third-order valence-corrected chi connectivity index (χ3v) is 3.81. The molecule has 0 bridgehead atoms. The molecule has 2 aromatic rings. The van der Waals surface area contributed by atoms with Crippen LogP contribution in [0.1, 0.15) is 12.5 Å². The SMILES string of the molecule is COc1ccc(CC(=O)O[C@H](C)C(=O)Nc2cc(Cl)cc(Cl)c2)cc1F. The Balaban J connectivity index is 1.93. The fourth-order valence-electron chi connectivity index (χ4n) is 2.15. The Morgan fingerprint density at radius 2 is 1.81 bits per heavy atom. The van der Waals surface area contributed by atoms with Gasteiger partial charge in [0.25, 0.3) is 5.91 Å². The number of hydrogen-bond acceptors (Lipinski definition) is 4. The van der Waals surface area contributed by atoms with Gasteiger partial charge in [0, 0.05) is 15.7 Å². The summed E-state index contributed by atoms with van der Waals surface area (Å²) in [7, 11) is 1.35. The van der Waals surface area contributed by atoms with Crippen LogP contribution >= 0.6 is 23.2 Å². The van der Waals surface area contributed by atoms with E-state index in [2.05, 4.69) is 5.32 Å². The molecule has 0 radical (unpaired) electrons. The summed E-state index contributed by atoms with van der Waals surface area (Å²) in [5.41, 5.74) is 0.787. The van der Waals surface area contributed by atoms with Crippen molar-refractivity contribution in [2.45, 2.75) is 19.4 Å². The average molecular weight is 400 g/mol. The fourth-order valence-corrected chi connectivity index (χ4v) is 2.67. The fraction of sp³-hybridized carbons (Fsp3) is 0.222. The molecule has 138 valence electrons. The zero-order chi connectivity index (χ0) is 19.3. The maximum absolute atomic E-state index is 13.6. The van der Waals surface area contributed by atoms with E-state index in [0.29, 0.717) is 21.3 Å². The molecule has 2 aromatic carbocycles. The second-order valence-corrected chi connectivity index (χ2v) is 6.30. The highest BCUT2D eigenvalue weighted by atomic mass is 35.5. The predicted octanol–water partition coefficient (Wildman–Crippen LogP) is 4.25. The second-order valence-electron chi connectivity index (χ2n) is 5.43. The average Bonchev–Trinajstić information content (AvgIpc) is 2.53. The number of amides is 1. The molecule has 1 amide bonds. The monoisotopic (exact) mass is 399 g/mol. The summed E-state index contributed by atoms with van der Waals surface area (Å²) in [6.45, 7) is 1.42. The summed E-state index contributed by atoms with van der Waals surface area (Å²) in [4.78, 5) is 24.1. The molecule has 0 aliphatic carbocycles. The third-order valence-electron chi connectivity index (χ3n) is 3.37. The third kappa shape index (κ3) is 5.61. The van der Waals surface area contributed by atoms with Crippen LogP contribution in [0.25, 0.3) is 0 Å². The molecule has 0 aliphatic rings. The summed E-state index contributed by atoms with van der Waals surface area (Å²) in [6, 6.07) is 8.69. The molecule has 0 aliphatic heterocycles. The van der Waals surface area contributed by atoms with Crippen molar-refractivity contribution in [2.75, 3.05) is 12.4 Å². The number of rotatable bonds is 6. The van der Waals surface area contributed by atoms with Gasteiger partial charge in [0.05, 0.1) is 13.5 Å². The largest absolute Gasteiger partial charge is 0.494 e. The van der Waals surface area contributed by atoms with Crippen LogP contribution < -0.4 is 10.1 Å². The lowest BCUT2D eigenvalue weighted by atomic mass is 10.1. The number of benzene rings is 2. The van der Waals surface area contributed by atoms with E-state index in [9.17, 15) is 14.0 Å². The minimum atomic E-state index is -1.05. The molecule has 5 nitrogen and oxygen atoms in total. The molecule has 0 saturated heterocycles. The number of ether oxygens (including phenoxy) is 2. The summed E-state index contributed by atoms with van der Waals surface area (Å²) in [5.74, 6) is -1.71. The normalized spacial score (nSPS) is 11.6. The van der Waals surface area contributed by atoms with Gasteiger partial charge in [-0.25, -0.2) is 4.39 Å². The van der Waals surface area contributed by atoms with Crippen molar-refractivity contribution in [1.82, 2.24) is 0 Å². The van der Waals surface area contributed by atoms with Gasteiger partial charge in [-0.3, -0.25) is 9.59 Å². The predicted molar refractivity (Wildman–Crippen MR) is 97.3 cm³/mol. The first-order valence-corrected chi connectivity index (χ1v) is 8.33. The first-order valence-electron chi connectivity index (χ1n) is 7.57. The Bertz CT molecular complexity index is 809. The number of anilines is 1. The van der Waals surface area contributed by atoms with E-state index >= 15 is 0 Å².